The van der Waals surface area contributed by atoms with Crippen molar-refractivity contribution in [3.8, 4) is 11.4 Å². The normalized spacial score (nSPS) is 11.1. The van der Waals surface area contributed by atoms with Gasteiger partial charge in [-0.3, -0.25) is 9.69 Å². The molecule has 31 heavy (non-hydrogen) atoms. The molecule has 0 saturated heterocycles. The zero-order valence-electron chi connectivity index (χ0n) is 18.9. The first kappa shape index (κ1) is 22.6. The zero-order valence-corrected chi connectivity index (χ0v) is 18.9. The third kappa shape index (κ3) is 6.72. The van der Waals surface area contributed by atoms with Crippen LogP contribution in [0.4, 0.5) is 5.69 Å². The van der Waals surface area contributed by atoms with Gasteiger partial charge in [0.1, 0.15) is 0 Å². The number of unbranched alkanes of at least 4 members (excludes halogenated alkanes) is 2. The molecule has 1 amide bonds. The van der Waals surface area contributed by atoms with E-state index in [9.17, 15) is 4.79 Å². The average Bonchev–Trinajstić information content (AvgIpc) is 3.20. The van der Waals surface area contributed by atoms with Crippen LogP contribution in [0.5, 0.6) is 0 Å². The Labute approximate surface area is 184 Å². The standard InChI is InChI=1S/C24H32N6O/c1-18-15-19(2)23(20(3)16-18)25-22(31)17-29(4)13-9-6-10-14-30-27-24(26-28-30)21-11-7-5-8-12-21/h5,7-8,11-12,15-16H,6,9-10,13-14,17H2,1-4H3,(H,25,31). The Kier molecular flexibility index (Phi) is 7.89. The number of tetrazole rings is 1. The van der Waals surface area contributed by atoms with E-state index in [0.29, 0.717) is 12.4 Å². The van der Waals surface area contributed by atoms with Crippen LogP contribution in [0.15, 0.2) is 42.5 Å². The van der Waals surface area contributed by atoms with Crippen molar-refractivity contribution in [2.75, 3.05) is 25.5 Å². The van der Waals surface area contributed by atoms with Gasteiger partial charge in [0.15, 0.2) is 0 Å². The van der Waals surface area contributed by atoms with Gasteiger partial charge in [-0.1, -0.05) is 54.4 Å². The highest BCUT2D eigenvalue weighted by atomic mass is 16.2. The molecule has 1 heterocycles. The van der Waals surface area contributed by atoms with Crippen LogP contribution in [0.2, 0.25) is 0 Å². The third-order valence-corrected chi connectivity index (χ3v) is 5.24. The Morgan fingerprint density at radius 1 is 1.03 bits per heavy atom. The Morgan fingerprint density at radius 2 is 1.74 bits per heavy atom. The van der Waals surface area contributed by atoms with Crippen LogP contribution in [0.1, 0.15) is 36.0 Å². The predicted octanol–water partition coefficient (Wildman–Crippen LogP) is 4.01. The summed E-state index contributed by atoms with van der Waals surface area (Å²) in [6.07, 6.45) is 3.04. The lowest BCUT2D eigenvalue weighted by atomic mass is 10.1. The maximum Gasteiger partial charge on any atom is 0.238 e. The molecule has 0 saturated carbocycles. The van der Waals surface area contributed by atoms with E-state index in [1.54, 1.807) is 4.80 Å². The van der Waals surface area contributed by atoms with E-state index in [0.717, 1.165) is 54.7 Å². The van der Waals surface area contributed by atoms with Crippen molar-refractivity contribution >= 4 is 11.6 Å². The number of hydrogen-bond acceptors (Lipinski definition) is 5. The van der Waals surface area contributed by atoms with Crippen LogP contribution in [0.3, 0.4) is 0 Å². The largest absolute Gasteiger partial charge is 0.324 e. The molecule has 0 bridgehead atoms. The van der Waals surface area contributed by atoms with Gasteiger partial charge in [0.05, 0.1) is 13.1 Å². The first-order valence-electron chi connectivity index (χ1n) is 10.8. The predicted molar refractivity (Wildman–Crippen MR) is 124 cm³/mol. The zero-order chi connectivity index (χ0) is 22.2. The molecular formula is C24H32N6O. The number of nitrogens with zero attached hydrogens (tertiary/aromatic N) is 5. The minimum Gasteiger partial charge on any atom is -0.324 e. The van der Waals surface area contributed by atoms with Gasteiger partial charge < -0.3 is 5.32 Å². The van der Waals surface area contributed by atoms with E-state index in [2.05, 4.69) is 44.7 Å². The molecule has 0 spiro atoms. The maximum atomic E-state index is 12.4. The highest BCUT2D eigenvalue weighted by molar-refractivity contribution is 5.93. The van der Waals surface area contributed by atoms with Gasteiger partial charge in [0.2, 0.25) is 11.7 Å². The Bertz CT molecular complexity index is 975. The molecule has 0 unspecified atom stereocenters. The second kappa shape index (κ2) is 10.8. The van der Waals surface area contributed by atoms with Gasteiger partial charge >= 0.3 is 0 Å². The van der Waals surface area contributed by atoms with Crippen molar-refractivity contribution in [2.24, 2.45) is 0 Å². The number of amides is 1. The molecule has 3 aromatic rings. The number of rotatable bonds is 10. The molecule has 0 atom stereocenters. The summed E-state index contributed by atoms with van der Waals surface area (Å²) in [6.45, 7) is 8.14. The van der Waals surface area contributed by atoms with Gasteiger partial charge in [-0.05, 0) is 63.5 Å². The smallest absolute Gasteiger partial charge is 0.238 e. The molecular weight excluding hydrogens is 388 g/mol. The number of benzene rings is 2. The lowest BCUT2D eigenvalue weighted by molar-refractivity contribution is -0.117. The number of carbonyl (C=O) groups is 1. The van der Waals surface area contributed by atoms with Crippen LogP contribution in [0.25, 0.3) is 11.4 Å². The van der Waals surface area contributed by atoms with Crippen molar-refractivity contribution in [2.45, 2.75) is 46.6 Å². The molecule has 0 aliphatic carbocycles. The van der Waals surface area contributed by atoms with E-state index in [-0.39, 0.29) is 5.91 Å². The van der Waals surface area contributed by atoms with Gasteiger partial charge in [-0.2, -0.15) is 4.80 Å². The molecule has 1 aromatic heterocycles. The molecule has 0 radical (unpaired) electrons. The minimum absolute atomic E-state index is 0.0257. The highest BCUT2D eigenvalue weighted by Crippen LogP contribution is 2.21. The molecule has 2 aromatic carbocycles. The van der Waals surface area contributed by atoms with Crippen molar-refractivity contribution in [1.29, 1.82) is 0 Å². The van der Waals surface area contributed by atoms with Crippen molar-refractivity contribution in [1.82, 2.24) is 25.1 Å². The van der Waals surface area contributed by atoms with Crippen LogP contribution in [-0.4, -0.2) is 51.2 Å². The van der Waals surface area contributed by atoms with Crippen LogP contribution in [-0.2, 0) is 11.3 Å². The Morgan fingerprint density at radius 3 is 2.45 bits per heavy atom. The first-order chi connectivity index (χ1) is 14.9. The number of hydrogen-bond donors (Lipinski definition) is 1. The quantitative estimate of drug-likeness (QED) is 0.502. The minimum atomic E-state index is 0.0257. The molecule has 1 N–H and O–H groups in total. The molecule has 7 nitrogen and oxygen atoms in total. The first-order valence-corrected chi connectivity index (χ1v) is 10.8. The monoisotopic (exact) mass is 420 g/mol. The maximum absolute atomic E-state index is 12.4. The number of nitrogens with one attached hydrogen (secondary N) is 1. The van der Waals surface area contributed by atoms with E-state index in [1.807, 2.05) is 51.2 Å². The summed E-state index contributed by atoms with van der Waals surface area (Å²) in [5.74, 6) is 0.684. The Balaban J connectivity index is 1.35. The number of anilines is 1. The van der Waals surface area contributed by atoms with E-state index >= 15 is 0 Å². The Hall–Kier alpha value is -3.06. The third-order valence-electron chi connectivity index (χ3n) is 5.24. The molecule has 0 aliphatic rings. The van der Waals surface area contributed by atoms with E-state index < -0.39 is 0 Å². The second-order valence-corrected chi connectivity index (χ2v) is 8.20. The summed E-state index contributed by atoms with van der Waals surface area (Å²) in [5.41, 5.74) is 5.32. The van der Waals surface area contributed by atoms with Crippen LogP contribution >= 0.6 is 0 Å². The fourth-order valence-electron chi connectivity index (χ4n) is 3.73. The van der Waals surface area contributed by atoms with Crippen LogP contribution < -0.4 is 5.32 Å². The van der Waals surface area contributed by atoms with E-state index in [4.69, 9.17) is 0 Å². The molecule has 164 valence electrons. The van der Waals surface area contributed by atoms with Gasteiger partial charge in [0, 0.05) is 11.3 Å². The fraction of sp³-hybridized carbons (Fsp3) is 0.417. The van der Waals surface area contributed by atoms with Gasteiger partial charge in [0.25, 0.3) is 0 Å². The molecule has 0 aliphatic heterocycles. The van der Waals surface area contributed by atoms with Gasteiger partial charge in [-0.15, -0.1) is 10.2 Å². The number of carbonyl (C=O) groups excluding carboxylic acids is 1. The lowest BCUT2D eigenvalue weighted by Crippen LogP contribution is -2.31. The van der Waals surface area contributed by atoms with E-state index in [1.165, 1.54) is 5.56 Å². The molecule has 3 rings (SSSR count). The summed E-state index contributed by atoms with van der Waals surface area (Å²) in [5, 5.41) is 15.8. The summed E-state index contributed by atoms with van der Waals surface area (Å²) in [7, 11) is 1.99. The average molecular weight is 421 g/mol. The number of likely N-dealkylation sites (N-methyl/N-ethyl adjacent to an activating group) is 1. The van der Waals surface area contributed by atoms with Crippen LogP contribution in [0, 0.1) is 20.8 Å². The molecule has 0 fully saturated rings. The summed E-state index contributed by atoms with van der Waals surface area (Å²) in [6, 6.07) is 14.1. The summed E-state index contributed by atoms with van der Waals surface area (Å²) in [4.78, 5) is 16.1. The number of aromatic nitrogens is 4. The highest BCUT2D eigenvalue weighted by Gasteiger charge is 2.11. The van der Waals surface area contributed by atoms with Crippen molar-refractivity contribution in [3.63, 3.8) is 0 Å². The van der Waals surface area contributed by atoms with Gasteiger partial charge in [-0.25, -0.2) is 0 Å². The summed E-state index contributed by atoms with van der Waals surface area (Å²) < 4.78 is 0. The van der Waals surface area contributed by atoms with Crippen molar-refractivity contribution < 1.29 is 4.79 Å². The van der Waals surface area contributed by atoms with Crippen molar-refractivity contribution in [3.05, 3.63) is 59.2 Å². The fourth-order valence-corrected chi connectivity index (χ4v) is 3.73. The lowest BCUT2D eigenvalue weighted by Gasteiger charge is -2.18. The number of aryl methyl sites for hydroxylation is 4. The molecule has 7 heteroatoms. The second-order valence-electron chi connectivity index (χ2n) is 8.20. The summed E-state index contributed by atoms with van der Waals surface area (Å²) >= 11 is 0. The topological polar surface area (TPSA) is 75.9 Å². The SMILES string of the molecule is Cc1cc(C)c(NC(=O)CN(C)CCCCCn2nnc(-c3ccccc3)n2)c(C)c1.